The molecule has 2 N–H and O–H groups in total. The summed E-state index contributed by atoms with van der Waals surface area (Å²) < 4.78 is 32.8. The molecular weight excluding hydrogens is 318 g/mol. The lowest BCUT2D eigenvalue weighted by atomic mass is 10.1. The number of oxazole rings is 1. The standard InChI is InChI=1S/C15H19N3O4S/c19-15-16-13-4-3-12(9-14(13)22-15)23(20,21)17-10-5-7-18(8-6-10)11-1-2-11/h3-4,9-11,17H,1-2,5-8H2,(H,16,19). The molecule has 23 heavy (non-hydrogen) atoms. The smallest absolute Gasteiger partial charge is 0.408 e. The van der Waals surface area contributed by atoms with Gasteiger partial charge in [-0.25, -0.2) is 17.9 Å². The van der Waals surface area contributed by atoms with E-state index in [0.29, 0.717) is 5.52 Å². The van der Waals surface area contributed by atoms with Crippen molar-refractivity contribution in [2.24, 2.45) is 0 Å². The predicted molar refractivity (Wildman–Crippen MR) is 84.8 cm³/mol. The van der Waals surface area contributed by atoms with Crippen molar-refractivity contribution < 1.29 is 12.8 Å². The second-order valence-corrected chi connectivity index (χ2v) is 8.05. The van der Waals surface area contributed by atoms with E-state index in [4.69, 9.17) is 4.42 Å². The fraction of sp³-hybridized carbons (Fsp3) is 0.533. The van der Waals surface area contributed by atoms with Crippen LogP contribution in [0.15, 0.2) is 32.3 Å². The van der Waals surface area contributed by atoms with Crippen molar-refractivity contribution >= 4 is 21.1 Å². The van der Waals surface area contributed by atoms with Crippen LogP contribution in [0, 0.1) is 0 Å². The Morgan fingerprint density at radius 3 is 2.61 bits per heavy atom. The van der Waals surface area contributed by atoms with E-state index in [-0.39, 0.29) is 16.5 Å². The van der Waals surface area contributed by atoms with Crippen LogP contribution >= 0.6 is 0 Å². The summed E-state index contributed by atoms with van der Waals surface area (Å²) in [7, 11) is -3.61. The quantitative estimate of drug-likeness (QED) is 0.869. The number of benzene rings is 1. The van der Waals surface area contributed by atoms with Crippen LogP contribution in [0.2, 0.25) is 0 Å². The number of hydrogen-bond acceptors (Lipinski definition) is 5. The van der Waals surface area contributed by atoms with Gasteiger partial charge < -0.3 is 9.32 Å². The van der Waals surface area contributed by atoms with E-state index in [2.05, 4.69) is 14.6 Å². The van der Waals surface area contributed by atoms with Crippen molar-refractivity contribution in [2.45, 2.75) is 42.7 Å². The SMILES string of the molecule is O=c1[nH]c2ccc(S(=O)(=O)NC3CCN(C4CC4)CC3)cc2o1. The van der Waals surface area contributed by atoms with Crippen molar-refractivity contribution in [3.05, 3.63) is 28.7 Å². The Balaban J connectivity index is 1.48. The van der Waals surface area contributed by atoms with Gasteiger partial charge in [-0.15, -0.1) is 0 Å². The molecule has 7 nitrogen and oxygen atoms in total. The number of sulfonamides is 1. The van der Waals surface area contributed by atoms with Gasteiger partial charge in [0.15, 0.2) is 5.58 Å². The fourth-order valence-electron chi connectivity index (χ4n) is 3.20. The molecule has 0 amide bonds. The lowest BCUT2D eigenvalue weighted by Crippen LogP contribution is -2.45. The zero-order chi connectivity index (χ0) is 16.0. The maximum absolute atomic E-state index is 12.5. The molecule has 0 radical (unpaired) electrons. The van der Waals surface area contributed by atoms with E-state index < -0.39 is 15.8 Å². The summed E-state index contributed by atoms with van der Waals surface area (Å²) in [6.07, 6.45) is 4.21. The first kappa shape index (κ1) is 14.9. The third-order valence-corrected chi connectivity index (χ3v) is 6.14. The van der Waals surface area contributed by atoms with E-state index >= 15 is 0 Å². The zero-order valence-electron chi connectivity index (χ0n) is 12.6. The van der Waals surface area contributed by atoms with Crippen LogP contribution in [0.5, 0.6) is 0 Å². The fourth-order valence-corrected chi connectivity index (χ4v) is 4.52. The molecule has 124 valence electrons. The highest BCUT2D eigenvalue weighted by atomic mass is 32.2. The molecule has 1 aromatic heterocycles. The molecular formula is C15H19N3O4S. The molecule has 2 aliphatic rings. The van der Waals surface area contributed by atoms with Gasteiger partial charge in [0.1, 0.15) is 0 Å². The maximum atomic E-state index is 12.5. The van der Waals surface area contributed by atoms with Gasteiger partial charge in [0.2, 0.25) is 10.0 Å². The molecule has 0 spiro atoms. The number of aromatic amines is 1. The van der Waals surface area contributed by atoms with Crippen LogP contribution in [0.3, 0.4) is 0 Å². The molecule has 8 heteroatoms. The normalized spacial score (nSPS) is 21.0. The monoisotopic (exact) mass is 337 g/mol. The van der Waals surface area contributed by atoms with Gasteiger partial charge in [-0.05, 0) is 50.9 Å². The number of piperidine rings is 1. The Morgan fingerprint density at radius 1 is 1.17 bits per heavy atom. The number of rotatable bonds is 4. The highest BCUT2D eigenvalue weighted by Gasteiger charge is 2.33. The number of nitrogens with one attached hydrogen (secondary N) is 2. The predicted octanol–water partition coefficient (Wildman–Crippen LogP) is 1.03. The van der Waals surface area contributed by atoms with Crippen molar-refractivity contribution in [3.8, 4) is 0 Å². The van der Waals surface area contributed by atoms with E-state index in [0.717, 1.165) is 32.0 Å². The number of likely N-dealkylation sites (tertiary alicyclic amines) is 1. The second kappa shape index (κ2) is 5.47. The Morgan fingerprint density at radius 2 is 1.91 bits per heavy atom. The largest absolute Gasteiger partial charge is 0.417 e. The number of fused-ring (bicyclic) bond motifs is 1. The van der Waals surface area contributed by atoms with Crippen molar-refractivity contribution in [1.29, 1.82) is 0 Å². The second-order valence-electron chi connectivity index (χ2n) is 6.34. The summed E-state index contributed by atoms with van der Waals surface area (Å²) in [6.45, 7) is 1.90. The lowest BCUT2D eigenvalue weighted by Gasteiger charge is -2.32. The summed E-state index contributed by atoms with van der Waals surface area (Å²) in [5.74, 6) is -0.588. The third kappa shape index (κ3) is 3.06. The molecule has 1 aliphatic heterocycles. The molecule has 2 fully saturated rings. The average molecular weight is 337 g/mol. The van der Waals surface area contributed by atoms with Gasteiger partial charge in [-0.1, -0.05) is 0 Å². The Bertz CT molecular complexity index is 874. The summed E-state index contributed by atoms with van der Waals surface area (Å²) in [6, 6.07) is 5.10. The molecule has 0 unspecified atom stereocenters. The third-order valence-electron chi connectivity index (χ3n) is 4.62. The van der Waals surface area contributed by atoms with Crippen LogP contribution in [0.25, 0.3) is 11.1 Å². The van der Waals surface area contributed by atoms with Gasteiger partial charge in [-0.2, -0.15) is 0 Å². The minimum atomic E-state index is -3.61. The van der Waals surface area contributed by atoms with Crippen LogP contribution in [-0.4, -0.2) is 43.5 Å². The molecule has 0 bridgehead atoms. The van der Waals surface area contributed by atoms with Crippen LogP contribution in [-0.2, 0) is 10.0 Å². The number of H-pyrrole nitrogens is 1. The number of nitrogens with zero attached hydrogens (tertiary/aromatic N) is 1. The van der Waals surface area contributed by atoms with Crippen molar-refractivity contribution in [2.75, 3.05) is 13.1 Å². The maximum Gasteiger partial charge on any atom is 0.417 e. The molecule has 1 saturated heterocycles. The topological polar surface area (TPSA) is 95.4 Å². The van der Waals surface area contributed by atoms with E-state index in [1.165, 1.54) is 25.0 Å². The van der Waals surface area contributed by atoms with Gasteiger partial charge in [0.05, 0.1) is 10.4 Å². The minimum Gasteiger partial charge on any atom is -0.408 e. The highest BCUT2D eigenvalue weighted by molar-refractivity contribution is 7.89. The van der Waals surface area contributed by atoms with Gasteiger partial charge in [-0.3, -0.25) is 4.98 Å². The number of hydrogen-bond donors (Lipinski definition) is 2. The Labute approximate surface area is 133 Å². The Hall–Kier alpha value is -1.64. The molecule has 0 atom stereocenters. The Kier molecular flexibility index (Phi) is 3.55. The summed E-state index contributed by atoms with van der Waals surface area (Å²) in [4.78, 5) is 16.2. The minimum absolute atomic E-state index is 0.0380. The molecule has 2 heterocycles. The van der Waals surface area contributed by atoms with E-state index in [1.54, 1.807) is 6.07 Å². The number of aromatic nitrogens is 1. The van der Waals surface area contributed by atoms with Crippen LogP contribution < -0.4 is 10.5 Å². The van der Waals surface area contributed by atoms with E-state index in [1.807, 2.05) is 0 Å². The molecule has 4 rings (SSSR count). The molecule has 1 aromatic carbocycles. The van der Waals surface area contributed by atoms with Crippen LogP contribution in [0.1, 0.15) is 25.7 Å². The summed E-state index contributed by atoms with van der Waals surface area (Å²) in [5.41, 5.74) is 0.744. The average Bonchev–Trinajstić information content (AvgIpc) is 3.28. The first-order valence-electron chi connectivity index (χ1n) is 7.90. The molecule has 1 aliphatic carbocycles. The van der Waals surface area contributed by atoms with Crippen LogP contribution in [0.4, 0.5) is 0 Å². The first-order chi connectivity index (χ1) is 11.0. The highest BCUT2D eigenvalue weighted by Crippen LogP contribution is 2.29. The van der Waals surface area contributed by atoms with Gasteiger partial charge in [0.25, 0.3) is 0 Å². The molecule has 2 aromatic rings. The van der Waals surface area contributed by atoms with Crippen molar-refractivity contribution in [1.82, 2.24) is 14.6 Å². The van der Waals surface area contributed by atoms with Gasteiger partial charge in [0, 0.05) is 18.2 Å². The summed E-state index contributed by atoms with van der Waals surface area (Å²) in [5, 5.41) is 0. The van der Waals surface area contributed by atoms with Crippen molar-refractivity contribution in [3.63, 3.8) is 0 Å². The van der Waals surface area contributed by atoms with E-state index in [9.17, 15) is 13.2 Å². The first-order valence-corrected chi connectivity index (χ1v) is 9.39. The molecule has 1 saturated carbocycles. The van der Waals surface area contributed by atoms with Gasteiger partial charge >= 0.3 is 5.76 Å². The zero-order valence-corrected chi connectivity index (χ0v) is 13.4. The lowest BCUT2D eigenvalue weighted by molar-refractivity contribution is 0.199. The summed E-state index contributed by atoms with van der Waals surface area (Å²) >= 11 is 0.